The molecule has 5 nitrogen and oxygen atoms in total. The number of hydrogen-bond donors (Lipinski definition) is 3. The Kier molecular flexibility index (Phi) is 4.26. The Balaban J connectivity index is 1.60. The number of ether oxygens (including phenoxy) is 1. The molecule has 0 saturated heterocycles. The smallest absolute Gasteiger partial charge is 0.302 e. The minimum Gasteiger partial charge on any atom is -0.462 e. The fraction of sp³-hybridized carbons (Fsp3) is 0.952. The minimum atomic E-state index is -0.782. The molecule has 4 fully saturated rings. The summed E-state index contributed by atoms with van der Waals surface area (Å²) in [5.41, 5.74) is -1.15. The average Bonchev–Trinajstić information content (AvgIpc) is 2.79. The van der Waals surface area contributed by atoms with E-state index in [9.17, 15) is 20.1 Å². The Hall–Kier alpha value is -0.650. The first kappa shape index (κ1) is 18.7. The Labute approximate surface area is 156 Å². The molecule has 0 aromatic carbocycles. The number of rotatable bonds is 1. The first-order valence-corrected chi connectivity index (χ1v) is 10.4. The van der Waals surface area contributed by atoms with Crippen LogP contribution in [0.25, 0.3) is 0 Å². The van der Waals surface area contributed by atoms with E-state index in [1.165, 1.54) is 6.92 Å². The van der Waals surface area contributed by atoms with Crippen molar-refractivity contribution in [3.63, 3.8) is 0 Å². The average molecular weight is 366 g/mol. The van der Waals surface area contributed by atoms with Crippen molar-refractivity contribution in [2.24, 2.45) is 28.6 Å². The van der Waals surface area contributed by atoms with Crippen LogP contribution in [0.2, 0.25) is 0 Å². The monoisotopic (exact) mass is 366 g/mol. The molecule has 0 unspecified atom stereocenters. The normalized spacial score (nSPS) is 56.2. The Bertz CT molecular complexity index is 593. The zero-order valence-corrected chi connectivity index (χ0v) is 16.3. The van der Waals surface area contributed by atoms with Gasteiger partial charge in [0, 0.05) is 13.3 Å². The third-order valence-corrected chi connectivity index (χ3v) is 9.07. The second-order valence-electron chi connectivity index (χ2n) is 10.1. The van der Waals surface area contributed by atoms with Crippen LogP contribution in [0.5, 0.6) is 0 Å². The maximum Gasteiger partial charge on any atom is 0.302 e. The second-order valence-corrected chi connectivity index (χ2v) is 10.1. The summed E-state index contributed by atoms with van der Waals surface area (Å²) in [5.74, 6) is 0.934. The summed E-state index contributed by atoms with van der Waals surface area (Å²) in [6.45, 7) is 5.82. The van der Waals surface area contributed by atoms with Gasteiger partial charge in [0.25, 0.3) is 0 Å². The van der Waals surface area contributed by atoms with Gasteiger partial charge in [0.1, 0.15) is 6.10 Å². The van der Waals surface area contributed by atoms with Crippen LogP contribution >= 0.6 is 0 Å². The van der Waals surface area contributed by atoms with Crippen molar-refractivity contribution >= 4 is 5.97 Å². The number of carbonyl (C=O) groups is 1. The lowest BCUT2D eigenvalue weighted by molar-refractivity contribution is -0.225. The molecule has 0 aliphatic heterocycles. The fourth-order valence-corrected chi connectivity index (χ4v) is 7.53. The van der Waals surface area contributed by atoms with E-state index in [-0.39, 0.29) is 22.9 Å². The third kappa shape index (κ3) is 2.43. The largest absolute Gasteiger partial charge is 0.462 e. The summed E-state index contributed by atoms with van der Waals surface area (Å²) in [5, 5.41) is 32.5. The molecule has 0 heterocycles. The van der Waals surface area contributed by atoms with Crippen LogP contribution in [0, 0.1) is 28.6 Å². The lowest BCUT2D eigenvalue weighted by atomic mass is 9.43. The molecular formula is C21H34O5. The van der Waals surface area contributed by atoms with E-state index in [2.05, 4.69) is 13.8 Å². The minimum absolute atomic E-state index is 0.174. The van der Waals surface area contributed by atoms with Gasteiger partial charge in [0.2, 0.25) is 0 Å². The van der Waals surface area contributed by atoms with E-state index in [0.717, 1.165) is 38.5 Å². The summed E-state index contributed by atoms with van der Waals surface area (Å²) in [6.07, 6.45) is 5.07. The van der Waals surface area contributed by atoms with Gasteiger partial charge in [-0.25, -0.2) is 0 Å². The molecule has 0 aromatic heterocycles. The zero-order valence-electron chi connectivity index (χ0n) is 16.3. The first-order valence-electron chi connectivity index (χ1n) is 10.4. The van der Waals surface area contributed by atoms with Crippen molar-refractivity contribution in [2.75, 3.05) is 0 Å². The van der Waals surface area contributed by atoms with Crippen molar-refractivity contribution in [2.45, 2.75) is 96.1 Å². The van der Waals surface area contributed by atoms with E-state index in [4.69, 9.17) is 4.74 Å². The van der Waals surface area contributed by atoms with Crippen LogP contribution in [0.4, 0.5) is 0 Å². The number of esters is 1. The standard InChI is InChI=1S/C21H34O5/c1-12(22)26-13-4-8-20(3)15-6-7-19(2)16(10-17(23)18(19)24)14(15)5-9-21(20,25)11-13/h13-18,23-25H,4-11H2,1-3H3/t13-,14+,15-,16-,17+,18-,19-,20+,21-/m0/s1. The summed E-state index contributed by atoms with van der Waals surface area (Å²) in [4.78, 5) is 11.4. The summed E-state index contributed by atoms with van der Waals surface area (Å²) in [6, 6.07) is 0. The van der Waals surface area contributed by atoms with E-state index in [1.807, 2.05) is 0 Å². The second kappa shape index (κ2) is 5.92. The SMILES string of the molecule is CC(=O)O[C@H]1CC[C@]2(C)[C@H]3CC[C@]4(C)[C@@H](O)[C@H](O)C[C@H]4[C@@H]3CC[C@]2(O)C1. The molecule has 5 heteroatoms. The highest BCUT2D eigenvalue weighted by atomic mass is 16.5. The Morgan fingerprint density at radius 3 is 2.46 bits per heavy atom. The highest BCUT2D eigenvalue weighted by Crippen LogP contribution is 2.67. The molecule has 4 aliphatic carbocycles. The van der Waals surface area contributed by atoms with Crippen molar-refractivity contribution in [1.29, 1.82) is 0 Å². The van der Waals surface area contributed by atoms with Gasteiger partial charge in [-0.3, -0.25) is 4.79 Å². The molecule has 4 aliphatic rings. The Morgan fingerprint density at radius 1 is 1.04 bits per heavy atom. The molecule has 9 atom stereocenters. The van der Waals surface area contributed by atoms with Crippen LogP contribution in [0.1, 0.15) is 72.1 Å². The van der Waals surface area contributed by atoms with Gasteiger partial charge < -0.3 is 20.1 Å². The molecule has 0 aromatic rings. The summed E-state index contributed by atoms with van der Waals surface area (Å²) in [7, 11) is 0. The van der Waals surface area contributed by atoms with Crippen molar-refractivity contribution in [3.8, 4) is 0 Å². The van der Waals surface area contributed by atoms with Gasteiger partial charge in [0.15, 0.2) is 0 Å². The predicted molar refractivity (Wildman–Crippen MR) is 96.1 cm³/mol. The van der Waals surface area contributed by atoms with Gasteiger partial charge in [-0.05, 0) is 73.5 Å². The highest BCUT2D eigenvalue weighted by Gasteiger charge is 2.65. The molecule has 3 N–H and O–H groups in total. The number of fused-ring (bicyclic) bond motifs is 5. The fourth-order valence-electron chi connectivity index (χ4n) is 7.53. The maximum atomic E-state index is 11.6. The van der Waals surface area contributed by atoms with Gasteiger partial charge in [0.05, 0.1) is 17.8 Å². The summed E-state index contributed by atoms with van der Waals surface area (Å²) < 4.78 is 5.43. The van der Waals surface area contributed by atoms with Gasteiger partial charge in [-0.15, -0.1) is 0 Å². The van der Waals surface area contributed by atoms with Crippen LogP contribution in [0.15, 0.2) is 0 Å². The molecule has 4 rings (SSSR count). The third-order valence-electron chi connectivity index (χ3n) is 9.07. The zero-order chi connectivity index (χ0) is 18.9. The van der Waals surface area contributed by atoms with Gasteiger partial charge in [-0.1, -0.05) is 13.8 Å². The molecule has 0 spiro atoms. The van der Waals surface area contributed by atoms with E-state index < -0.39 is 17.8 Å². The topological polar surface area (TPSA) is 87.0 Å². The molecule has 148 valence electrons. The summed E-state index contributed by atoms with van der Waals surface area (Å²) >= 11 is 0. The molecule has 26 heavy (non-hydrogen) atoms. The van der Waals surface area contributed by atoms with E-state index >= 15 is 0 Å². The number of carbonyl (C=O) groups excluding carboxylic acids is 1. The van der Waals surface area contributed by atoms with Crippen LogP contribution in [0.3, 0.4) is 0 Å². The van der Waals surface area contributed by atoms with Gasteiger partial charge in [-0.2, -0.15) is 0 Å². The lowest BCUT2D eigenvalue weighted by Gasteiger charge is -2.63. The van der Waals surface area contributed by atoms with Gasteiger partial charge >= 0.3 is 5.97 Å². The molecule has 0 radical (unpaired) electrons. The molecule has 0 bridgehead atoms. The van der Waals surface area contributed by atoms with Crippen molar-refractivity contribution in [3.05, 3.63) is 0 Å². The highest BCUT2D eigenvalue weighted by molar-refractivity contribution is 5.66. The predicted octanol–water partition coefficient (Wildman–Crippen LogP) is 2.41. The van der Waals surface area contributed by atoms with Crippen molar-refractivity contribution in [1.82, 2.24) is 0 Å². The van der Waals surface area contributed by atoms with Crippen LogP contribution < -0.4 is 0 Å². The van der Waals surface area contributed by atoms with Crippen LogP contribution in [-0.4, -0.2) is 45.2 Å². The maximum absolute atomic E-state index is 11.6. The Morgan fingerprint density at radius 2 is 1.77 bits per heavy atom. The van der Waals surface area contributed by atoms with E-state index in [1.54, 1.807) is 0 Å². The number of aliphatic hydroxyl groups is 3. The first-order chi connectivity index (χ1) is 12.1. The number of hydrogen-bond acceptors (Lipinski definition) is 5. The van der Waals surface area contributed by atoms with E-state index in [0.29, 0.717) is 30.6 Å². The molecule has 0 amide bonds. The number of aliphatic hydroxyl groups excluding tert-OH is 2. The van der Waals surface area contributed by atoms with Crippen molar-refractivity contribution < 1.29 is 24.9 Å². The van der Waals surface area contributed by atoms with Crippen LogP contribution in [-0.2, 0) is 9.53 Å². The quantitative estimate of drug-likeness (QED) is 0.621. The molecular weight excluding hydrogens is 332 g/mol. The molecule has 4 saturated carbocycles. The lowest BCUT2D eigenvalue weighted by Crippen LogP contribution is -2.63.